The monoisotopic (exact) mass is 405 g/mol. The molecule has 0 unspecified atom stereocenters. The predicted octanol–water partition coefficient (Wildman–Crippen LogP) is 7.22. The van der Waals surface area contributed by atoms with E-state index in [0.29, 0.717) is 34.5 Å². The van der Waals surface area contributed by atoms with E-state index in [0.717, 1.165) is 44.4 Å². The maximum atomic E-state index is 8.84. The number of nitrogens with zero attached hydrogens (tertiary/aromatic N) is 2. The Morgan fingerprint density at radius 3 is 2.52 bits per heavy atom. The molecule has 2 heterocycles. The summed E-state index contributed by atoms with van der Waals surface area (Å²) in [6, 6.07) is 18.6. The van der Waals surface area contributed by atoms with E-state index < -0.39 is 0 Å². The van der Waals surface area contributed by atoms with Crippen molar-refractivity contribution in [3.05, 3.63) is 94.9 Å². The van der Waals surface area contributed by atoms with Crippen LogP contribution in [0.15, 0.2) is 71.1 Å². The summed E-state index contributed by atoms with van der Waals surface area (Å²) < 4.78 is 25.6. The highest BCUT2D eigenvalue weighted by Gasteiger charge is 2.23. The third-order valence-corrected chi connectivity index (χ3v) is 5.90. The molecule has 5 rings (SSSR count). The van der Waals surface area contributed by atoms with Crippen molar-refractivity contribution < 1.29 is 11.7 Å². The average molecular weight is 406 g/mol. The summed E-state index contributed by atoms with van der Waals surface area (Å²) in [7, 11) is 1.90. The Bertz CT molecular complexity index is 1600. The highest BCUT2D eigenvalue weighted by molar-refractivity contribution is 6.16. The number of pyridine rings is 1. The van der Waals surface area contributed by atoms with Crippen LogP contribution in [0.4, 0.5) is 5.69 Å². The first-order valence-electron chi connectivity index (χ1n) is 11.2. The number of hydrogen-bond donors (Lipinski definition) is 0. The maximum Gasteiger partial charge on any atom is 0.216 e. The van der Waals surface area contributed by atoms with E-state index in [9.17, 15) is 0 Å². The zero-order valence-corrected chi connectivity index (χ0v) is 18.0. The summed E-state index contributed by atoms with van der Waals surface area (Å²) in [5.41, 5.74) is 7.88. The van der Waals surface area contributed by atoms with Gasteiger partial charge in [-0.1, -0.05) is 42.5 Å². The Balaban J connectivity index is 1.96. The molecule has 0 aliphatic rings. The second-order valence-electron chi connectivity index (χ2n) is 7.95. The van der Waals surface area contributed by atoms with Gasteiger partial charge in [-0.05, 0) is 48.2 Å². The lowest BCUT2D eigenvalue weighted by atomic mass is 9.95. The van der Waals surface area contributed by atoms with E-state index in [1.54, 1.807) is 6.07 Å². The van der Waals surface area contributed by atoms with Crippen LogP contribution in [0, 0.1) is 27.3 Å². The van der Waals surface area contributed by atoms with E-state index in [4.69, 9.17) is 13.7 Å². The molecule has 3 heteroatoms. The topological polar surface area (TPSA) is 21.4 Å². The van der Waals surface area contributed by atoms with Gasteiger partial charge in [-0.2, -0.15) is 4.57 Å². The molecular weight excluding hydrogens is 380 g/mol. The van der Waals surface area contributed by atoms with Crippen LogP contribution in [0.2, 0.25) is 0 Å². The zero-order chi connectivity index (χ0) is 23.4. The lowest BCUT2D eigenvalue weighted by Gasteiger charge is -2.08. The summed E-state index contributed by atoms with van der Waals surface area (Å²) in [6.45, 7) is 13.3. The molecule has 0 atom stereocenters. The van der Waals surface area contributed by atoms with Gasteiger partial charge in [0.2, 0.25) is 5.69 Å². The van der Waals surface area contributed by atoms with Crippen LogP contribution in [0.25, 0.3) is 49.2 Å². The molecule has 0 amide bonds. The predicted molar refractivity (Wildman–Crippen MR) is 126 cm³/mol. The molecule has 0 radical (unpaired) electrons. The van der Waals surface area contributed by atoms with Gasteiger partial charge >= 0.3 is 0 Å². The van der Waals surface area contributed by atoms with Gasteiger partial charge in [-0.3, -0.25) is 0 Å². The van der Waals surface area contributed by atoms with Crippen molar-refractivity contribution >= 4 is 27.6 Å². The largest absolute Gasteiger partial charge is 0.456 e. The van der Waals surface area contributed by atoms with Gasteiger partial charge in [0.1, 0.15) is 18.2 Å². The molecule has 0 bridgehead atoms. The fourth-order valence-electron chi connectivity index (χ4n) is 4.30. The molecule has 0 fully saturated rings. The van der Waals surface area contributed by atoms with Crippen LogP contribution >= 0.6 is 0 Å². The van der Waals surface area contributed by atoms with E-state index in [1.165, 1.54) is 0 Å². The van der Waals surface area contributed by atoms with Crippen molar-refractivity contribution in [2.24, 2.45) is 7.05 Å². The highest BCUT2D eigenvalue weighted by atomic mass is 16.3. The van der Waals surface area contributed by atoms with Crippen molar-refractivity contribution in [2.45, 2.75) is 20.8 Å². The van der Waals surface area contributed by atoms with Gasteiger partial charge in [0.25, 0.3) is 0 Å². The summed E-state index contributed by atoms with van der Waals surface area (Å²) in [5, 5.41) is 1.91. The average Bonchev–Trinajstić information content (AvgIpc) is 3.21. The quantitative estimate of drug-likeness (QED) is 0.224. The zero-order valence-electron chi connectivity index (χ0n) is 20.0. The van der Waals surface area contributed by atoms with Gasteiger partial charge in [0.05, 0.1) is 14.9 Å². The number of benzene rings is 3. The second kappa shape index (κ2) is 7.11. The van der Waals surface area contributed by atoms with Crippen molar-refractivity contribution in [2.75, 3.05) is 0 Å². The van der Waals surface area contributed by atoms with Crippen LogP contribution < -0.4 is 4.57 Å². The number of aromatic nitrogens is 1. The number of furan rings is 1. The first-order valence-corrected chi connectivity index (χ1v) is 10.2. The van der Waals surface area contributed by atoms with Crippen molar-refractivity contribution in [3.63, 3.8) is 0 Å². The Kier molecular flexibility index (Phi) is 3.86. The Labute approximate surface area is 184 Å². The minimum absolute atomic E-state index is 0.328. The molecule has 0 N–H and O–H groups in total. The minimum Gasteiger partial charge on any atom is -0.456 e. The van der Waals surface area contributed by atoms with Crippen LogP contribution in [-0.4, -0.2) is 0 Å². The molecule has 150 valence electrons. The third-order valence-electron chi connectivity index (χ3n) is 5.90. The fourth-order valence-corrected chi connectivity index (χ4v) is 4.30. The van der Waals surface area contributed by atoms with Crippen LogP contribution in [0.1, 0.15) is 19.6 Å². The summed E-state index contributed by atoms with van der Waals surface area (Å²) >= 11 is 0. The van der Waals surface area contributed by atoms with Crippen molar-refractivity contribution in [3.8, 4) is 22.4 Å². The molecule has 0 aliphatic heterocycles. The van der Waals surface area contributed by atoms with E-state index in [-0.39, 0.29) is 0 Å². The third kappa shape index (κ3) is 3.00. The molecular formula is C28H23N2O+. The van der Waals surface area contributed by atoms with Gasteiger partial charge in [0, 0.05) is 29.8 Å². The van der Waals surface area contributed by atoms with Gasteiger partial charge in [-0.15, -0.1) is 0 Å². The Hall–Kier alpha value is -3.90. The molecule has 5 aromatic rings. The molecule has 0 saturated heterocycles. The minimum atomic E-state index is 0.328. The van der Waals surface area contributed by atoms with Gasteiger partial charge in [-0.25, -0.2) is 4.85 Å². The number of hydrogen-bond acceptors (Lipinski definition) is 1. The first-order chi connectivity index (χ1) is 15.8. The summed E-state index contributed by atoms with van der Waals surface area (Å²) in [6.07, 6.45) is 0. The van der Waals surface area contributed by atoms with Crippen LogP contribution in [-0.2, 0) is 7.05 Å². The Morgan fingerprint density at radius 1 is 1.00 bits per heavy atom. The SMILES string of the molecule is [2H]c1c(C)c([2H])c(-c2c(C)ccc3c2oc2cc([N+]#[C-])cc(-c4ccccc4)c23)[n+](C)c1C. The van der Waals surface area contributed by atoms with Gasteiger partial charge < -0.3 is 4.42 Å². The summed E-state index contributed by atoms with van der Waals surface area (Å²) in [5.74, 6) is 0. The van der Waals surface area contributed by atoms with Crippen LogP contribution in [0.5, 0.6) is 0 Å². The molecule has 0 spiro atoms. The number of rotatable bonds is 2. The fraction of sp³-hybridized carbons (Fsp3) is 0.143. The Morgan fingerprint density at radius 2 is 1.77 bits per heavy atom. The smallest absolute Gasteiger partial charge is 0.216 e. The molecule has 0 aliphatic carbocycles. The lowest BCUT2D eigenvalue weighted by molar-refractivity contribution is -0.666. The van der Waals surface area contributed by atoms with Crippen molar-refractivity contribution in [1.82, 2.24) is 0 Å². The second-order valence-corrected chi connectivity index (χ2v) is 7.95. The first kappa shape index (κ1) is 16.8. The standard InChI is InChI=1S/C28H23N2O/c1-17-13-19(3)30(5)24(14-17)26-18(2)11-12-22-27-23(20-9-7-6-8-10-20)15-21(29-4)16-25(27)31-28(22)26/h6-16H,1-3,5H3/q+1/i13D,14D. The van der Waals surface area contributed by atoms with E-state index in [2.05, 4.69) is 17.0 Å². The van der Waals surface area contributed by atoms with Gasteiger partial charge in [0.15, 0.2) is 11.4 Å². The molecule has 2 aromatic heterocycles. The number of aryl methyl sites for hydroxylation is 1. The number of fused-ring (bicyclic) bond motifs is 3. The van der Waals surface area contributed by atoms with E-state index >= 15 is 0 Å². The lowest BCUT2D eigenvalue weighted by Crippen LogP contribution is -2.35. The van der Waals surface area contributed by atoms with Crippen LogP contribution in [0.3, 0.4) is 0 Å². The molecule has 3 aromatic carbocycles. The molecule has 31 heavy (non-hydrogen) atoms. The highest BCUT2D eigenvalue weighted by Crippen LogP contribution is 2.43. The van der Waals surface area contributed by atoms with E-state index in [1.807, 2.05) is 68.8 Å². The van der Waals surface area contributed by atoms with Crippen molar-refractivity contribution in [1.29, 1.82) is 0 Å². The summed E-state index contributed by atoms with van der Waals surface area (Å²) in [4.78, 5) is 3.67. The maximum absolute atomic E-state index is 8.84. The molecule has 0 saturated carbocycles. The molecule has 3 nitrogen and oxygen atoms in total. The normalized spacial score (nSPS) is 12.1.